The summed E-state index contributed by atoms with van der Waals surface area (Å²) >= 11 is 0. The maximum absolute atomic E-state index is 6.16. The van der Waals surface area contributed by atoms with Gasteiger partial charge in [-0.25, -0.2) is 0 Å². The molecule has 27 heavy (non-hydrogen) atoms. The summed E-state index contributed by atoms with van der Waals surface area (Å²) in [4.78, 5) is 0. The molecule has 0 aromatic rings. The molecule has 0 spiro atoms. The first-order chi connectivity index (χ1) is 12.4. The molecule has 0 aliphatic rings. The molecule has 0 saturated carbocycles. The molecule has 0 aromatic heterocycles. The Kier molecular flexibility index (Phi) is 13.4. The molecule has 1 nitrogen and oxygen atoms in total. The van der Waals surface area contributed by atoms with E-state index in [1.807, 2.05) is 0 Å². The molecule has 2 unspecified atom stereocenters. The van der Waals surface area contributed by atoms with E-state index in [0.717, 1.165) is 62.7 Å². The third kappa shape index (κ3) is 7.16. The van der Waals surface area contributed by atoms with E-state index in [1.54, 1.807) is 0 Å². The molecule has 0 aromatic carbocycles. The lowest BCUT2D eigenvalue weighted by Crippen LogP contribution is -2.40. The van der Waals surface area contributed by atoms with Crippen molar-refractivity contribution in [2.75, 3.05) is 25.5 Å². The van der Waals surface area contributed by atoms with Gasteiger partial charge < -0.3 is 4.74 Å². The Morgan fingerprint density at radius 3 is 0.889 bits per heavy atom. The molecule has 5 heteroatoms. The number of rotatable bonds is 14. The topological polar surface area (TPSA) is 9.23 Å². The Morgan fingerprint density at radius 1 is 0.481 bits per heavy atom. The smallest absolute Gasteiger partial charge is 0.0854 e. The summed E-state index contributed by atoms with van der Waals surface area (Å²) in [6, 6.07) is 0. The minimum absolute atomic E-state index is 0.882. The Bertz CT molecular complexity index is 316. The third-order valence-electron chi connectivity index (χ3n) is 7.09. The molecule has 0 bridgehead atoms. The van der Waals surface area contributed by atoms with Crippen molar-refractivity contribution >= 4 is 31.7 Å². The van der Waals surface area contributed by atoms with Crippen molar-refractivity contribution in [3.8, 4) is 0 Å². The second kappa shape index (κ2) is 12.8. The molecule has 0 saturated heterocycles. The van der Waals surface area contributed by atoms with Gasteiger partial charge in [-0.05, 0) is 45.6 Å². The van der Waals surface area contributed by atoms with E-state index < -0.39 is 15.5 Å². The van der Waals surface area contributed by atoms with Crippen molar-refractivity contribution in [2.45, 2.75) is 116 Å². The Balaban J connectivity index is 4.51. The quantitative estimate of drug-likeness (QED) is 0.146. The zero-order chi connectivity index (χ0) is 21.4. The molecule has 2 atom stereocenters. The zero-order valence-corrected chi connectivity index (χ0v) is 24.7. The lowest BCUT2D eigenvalue weighted by atomic mass is 10.5. The monoisotopic (exact) mass is 450 g/mol. The molecule has 0 aliphatic heterocycles. The second-order valence-electron chi connectivity index (χ2n) is 10.3. The number of hydrogen-bond acceptors (Lipinski definition) is 1. The SMILES string of the molecule is CC(C)[Si](PCCOCCP[Si](C(C)C)(C(C)C)C(C)C)(C(C)C)C(C)C. The third-order valence-corrected chi connectivity index (χ3v) is 36.3. The van der Waals surface area contributed by atoms with Gasteiger partial charge in [-0.3, -0.25) is 0 Å². The second-order valence-corrected chi connectivity index (χ2v) is 29.9. The first-order valence-corrected chi connectivity index (χ1v) is 20.3. The highest BCUT2D eigenvalue weighted by Gasteiger charge is 2.43. The van der Waals surface area contributed by atoms with E-state index in [1.165, 1.54) is 12.3 Å². The minimum Gasteiger partial charge on any atom is -0.381 e. The van der Waals surface area contributed by atoms with Crippen LogP contribution in [-0.4, -0.2) is 41.0 Å². The molecule has 164 valence electrons. The van der Waals surface area contributed by atoms with Crippen LogP contribution in [0, 0.1) is 0 Å². The lowest BCUT2D eigenvalue weighted by Gasteiger charge is -2.43. The predicted octanol–water partition coefficient (Wildman–Crippen LogP) is 8.71. The number of hydrogen-bond donors (Lipinski definition) is 0. The predicted molar refractivity (Wildman–Crippen MR) is 139 cm³/mol. The van der Waals surface area contributed by atoms with Gasteiger partial charge in [-0.2, -0.15) is 0 Å². The molecular weight excluding hydrogens is 398 g/mol. The summed E-state index contributed by atoms with van der Waals surface area (Å²) in [7, 11) is -0.132. The summed E-state index contributed by atoms with van der Waals surface area (Å²) in [6.45, 7) is 31.8. The first-order valence-electron chi connectivity index (χ1n) is 11.4. The van der Waals surface area contributed by atoms with Crippen molar-refractivity contribution in [1.82, 2.24) is 0 Å². The fraction of sp³-hybridized carbons (Fsp3) is 1.00. The Labute approximate surface area is 178 Å². The van der Waals surface area contributed by atoms with Gasteiger partial charge in [-0.1, -0.05) is 83.1 Å². The maximum Gasteiger partial charge on any atom is 0.0854 e. The highest BCUT2D eigenvalue weighted by atomic mass is 31.3. The van der Waals surface area contributed by atoms with Crippen LogP contribution in [0.4, 0.5) is 0 Å². The number of ether oxygens (including phenoxy) is 1. The highest BCUT2D eigenvalue weighted by molar-refractivity contribution is 7.83. The lowest BCUT2D eigenvalue weighted by molar-refractivity contribution is 0.167. The van der Waals surface area contributed by atoms with Crippen LogP contribution in [-0.2, 0) is 4.74 Å². The largest absolute Gasteiger partial charge is 0.381 e. The van der Waals surface area contributed by atoms with E-state index in [-0.39, 0.29) is 0 Å². The van der Waals surface area contributed by atoms with E-state index in [4.69, 9.17) is 4.74 Å². The summed E-state index contributed by atoms with van der Waals surface area (Å²) in [5.41, 5.74) is 5.29. The van der Waals surface area contributed by atoms with Crippen LogP contribution in [0.5, 0.6) is 0 Å². The van der Waals surface area contributed by atoms with Crippen LogP contribution in [0.1, 0.15) is 83.1 Å². The molecule has 0 N–H and O–H groups in total. The summed E-state index contributed by atoms with van der Waals surface area (Å²) in [5, 5.41) is 0. The normalized spacial score (nSPS) is 14.9. The van der Waals surface area contributed by atoms with E-state index >= 15 is 0 Å². The maximum atomic E-state index is 6.16. The first kappa shape index (κ1) is 28.3. The van der Waals surface area contributed by atoms with Gasteiger partial charge in [0.05, 0.1) is 15.5 Å². The summed E-state index contributed by atoms with van der Waals surface area (Å²) in [5.74, 6) is 0. The molecule has 0 fully saturated rings. The Hall–Kier alpha value is 1.25. The zero-order valence-electron chi connectivity index (χ0n) is 20.7. The van der Waals surface area contributed by atoms with Crippen LogP contribution in [0.15, 0.2) is 0 Å². The van der Waals surface area contributed by atoms with Gasteiger partial charge in [-0.15, -0.1) is 16.3 Å². The van der Waals surface area contributed by atoms with E-state index in [2.05, 4.69) is 83.1 Å². The molecule has 0 radical (unpaired) electrons. The Morgan fingerprint density at radius 2 is 0.704 bits per heavy atom. The van der Waals surface area contributed by atoms with E-state index in [0.29, 0.717) is 0 Å². The van der Waals surface area contributed by atoms with Gasteiger partial charge >= 0.3 is 0 Å². The van der Waals surface area contributed by atoms with Crippen LogP contribution >= 0.6 is 16.3 Å². The molecule has 0 aliphatic carbocycles. The highest BCUT2D eigenvalue weighted by Crippen LogP contribution is 2.53. The average Bonchev–Trinajstić information content (AvgIpc) is 2.51. The summed E-state index contributed by atoms with van der Waals surface area (Å²) in [6.07, 6.45) is 2.59. The van der Waals surface area contributed by atoms with Gasteiger partial charge in [0.1, 0.15) is 0 Å². The molecular formula is C22H52OP2Si2. The van der Waals surface area contributed by atoms with Crippen molar-refractivity contribution in [3.63, 3.8) is 0 Å². The van der Waals surface area contributed by atoms with Crippen LogP contribution in [0.3, 0.4) is 0 Å². The summed E-state index contributed by atoms with van der Waals surface area (Å²) < 4.78 is 6.16. The van der Waals surface area contributed by atoms with Gasteiger partial charge in [0.15, 0.2) is 0 Å². The molecule has 0 rings (SSSR count). The van der Waals surface area contributed by atoms with E-state index in [9.17, 15) is 0 Å². The van der Waals surface area contributed by atoms with Crippen molar-refractivity contribution in [3.05, 3.63) is 0 Å². The van der Waals surface area contributed by atoms with Crippen molar-refractivity contribution in [1.29, 1.82) is 0 Å². The molecule has 0 heterocycles. The van der Waals surface area contributed by atoms with Crippen LogP contribution in [0.2, 0.25) is 33.2 Å². The van der Waals surface area contributed by atoms with Gasteiger partial charge in [0, 0.05) is 13.2 Å². The average molecular weight is 451 g/mol. The van der Waals surface area contributed by atoms with Crippen molar-refractivity contribution < 1.29 is 4.74 Å². The van der Waals surface area contributed by atoms with Crippen LogP contribution in [0.25, 0.3) is 0 Å². The fourth-order valence-electron chi connectivity index (χ4n) is 6.01. The van der Waals surface area contributed by atoms with Crippen molar-refractivity contribution in [2.24, 2.45) is 0 Å². The standard InChI is InChI=1S/C22H52OP2Si2/c1-17(2)26(18(3)4,19(5)6)24-15-13-23-14-16-25-27(20(7)8,21(9)10)22(11)12/h17-22,24-25H,13-16H2,1-12H3. The van der Waals surface area contributed by atoms with Gasteiger partial charge in [0.25, 0.3) is 0 Å². The minimum atomic E-state index is -1.21. The molecule has 0 amide bonds. The fourth-order valence-corrected chi connectivity index (χ4v) is 28.4. The van der Waals surface area contributed by atoms with Crippen LogP contribution < -0.4 is 0 Å². The van der Waals surface area contributed by atoms with Gasteiger partial charge in [0.2, 0.25) is 0 Å².